The zero-order valence-corrected chi connectivity index (χ0v) is 15.8. The van der Waals surface area contributed by atoms with Crippen molar-refractivity contribution in [2.45, 2.75) is 12.3 Å². The fraction of sp³-hybridized carbons (Fsp3) is 0.316. The normalized spacial score (nSPS) is 15.4. The largest absolute Gasteiger partial charge is 0.379 e. The molecule has 9 heteroatoms. The van der Waals surface area contributed by atoms with Crippen LogP contribution in [0.15, 0.2) is 42.5 Å². The maximum Gasteiger partial charge on any atom is 0.254 e. The first-order valence-electron chi connectivity index (χ1n) is 8.73. The summed E-state index contributed by atoms with van der Waals surface area (Å²) >= 11 is 0. The lowest BCUT2D eigenvalue weighted by Crippen LogP contribution is -2.41. The van der Waals surface area contributed by atoms with Gasteiger partial charge in [0.25, 0.3) is 5.91 Å². The number of ether oxygens (including phenoxy) is 1. The number of nitrogens with zero attached hydrogens (tertiary/aromatic N) is 1. The molecule has 150 valence electrons. The van der Waals surface area contributed by atoms with Gasteiger partial charge in [0.15, 0.2) is 11.6 Å². The third-order valence-electron chi connectivity index (χ3n) is 4.46. The number of carbonyl (C=O) groups excluding carboxylic acids is 1. The molecule has 0 saturated carbocycles. The third kappa shape index (κ3) is 4.73. The third-order valence-corrected chi connectivity index (χ3v) is 6.28. The lowest BCUT2D eigenvalue weighted by atomic mass is 10.1. The number of sulfonamides is 1. The van der Waals surface area contributed by atoms with E-state index in [1.807, 2.05) is 0 Å². The molecule has 1 aliphatic heterocycles. The van der Waals surface area contributed by atoms with Gasteiger partial charge in [-0.05, 0) is 23.3 Å². The van der Waals surface area contributed by atoms with E-state index < -0.39 is 33.1 Å². The number of carbonyl (C=O) groups is 1. The SMILES string of the molecule is O=C(NCc1ccccc1CS(=O)(=O)N1CCOCC1)c1cccc(F)c1F. The molecular weight excluding hydrogens is 390 g/mol. The number of hydrogen-bond acceptors (Lipinski definition) is 4. The molecular formula is C19H20F2N2O4S. The van der Waals surface area contributed by atoms with Crippen LogP contribution in [0, 0.1) is 11.6 Å². The van der Waals surface area contributed by atoms with E-state index in [1.54, 1.807) is 24.3 Å². The highest BCUT2D eigenvalue weighted by molar-refractivity contribution is 7.88. The molecule has 0 unspecified atom stereocenters. The molecule has 6 nitrogen and oxygen atoms in total. The van der Waals surface area contributed by atoms with Crippen molar-refractivity contribution in [3.63, 3.8) is 0 Å². The predicted molar refractivity (Wildman–Crippen MR) is 99.0 cm³/mol. The zero-order valence-electron chi connectivity index (χ0n) is 15.0. The van der Waals surface area contributed by atoms with E-state index in [9.17, 15) is 22.0 Å². The number of morpholine rings is 1. The molecule has 0 spiro atoms. The minimum absolute atomic E-state index is 0.0103. The second kappa shape index (κ2) is 8.76. The number of halogens is 2. The Hall–Kier alpha value is -2.36. The second-order valence-electron chi connectivity index (χ2n) is 6.32. The minimum Gasteiger partial charge on any atom is -0.379 e. The van der Waals surface area contributed by atoms with Crippen LogP contribution in [0.4, 0.5) is 8.78 Å². The van der Waals surface area contributed by atoms with Gasteiger partial charge in [0.2, 0.25) is 10.0 Å². The van der Waals surface area contributed by atoms with Crippen LogP contribution in [0.2, 0.25) is 0 Å². The van der Waals surface area contributed by atoms with Crippen molar-refractivity contribution in [3.8, 4) is 0 Å². The first-order chi connectivity index (χ1) is 13.4. The van der Waals surface area contributed by atoms with Crippen LogP contribution in [0.1, 0.15) is 21.5 Å². The minimum atomic E-state index is -3.53. The molecule has 0 bridgehead atoms. The Balaban J connectivity index is 1.72. The van der Waals surface area contributed by atoms with Crippen LogP contribution < -0.4 is 5.32 Å². The molecule has 1 N–H and O–H groups in total. The molecule has 1 heterocycles. The molecule has 28 heavy (non-hydrogen) atoms. The predicted octanol–water partition coefficient (Wildman–Crippen LogP) is 2.06. The van der Waals surface area contributed by atoms with Gasteiger partial charge in [0.1, 0.15) is 0 Å². The number of nitrogens with one attached hydrogen (secondary N) is 1. The van der Waals surface area contributed by atoms with Crippen LogP contribution >= 0.6 is 0 Å². The van der Waals surface area contributed by atoms with Crippen molar-refractivity contribution in [2.24, 2.45) is 0 Å². The number of hydrogen-bond donors (Lipinski definition) is 1. The number of benzene rings is 2. The van der Waals surface area contributed by atoms with E-state index in [4.69, 9.17) is 4.74 Å². The Kier molecular flexibility index (Phi) is 6.38. The highest BCUT2D eigenvalue weighted by Crippen LogP contribution is 2.17. The van der Waals surface area contributed by atoms with Gasteiger partial charge in [-0.3, -0.25) is 4.79 Å². The summed E-state index contributed by atoms with van der Waals surface area (Å²) < 4.78 is 58.9. The molecule has 2 aromatic rings. The second-order valence-corrected chi connectivity index (χ2v) is 8.29. The van der Waals surface area contributed by atoms with Crippen molar-refractivity contribution in [3.05, 3.63) is 70.8 Å². The summed E-state index contributed by atoms with van der Waals surface area (Å²) in [7, 11) is -3.53. The molecule has 0 aromatic heterocycles. The van der Waals surface area contributed by atoms with Crippen LogP contribution in [0.5, 0.6) is 0 Å². The summed E-state index contributed by atoms with van der Waals surface area (Å²) in [6.07, 6.45) is 0. The topological polar surface area (TPSA) is 75.7 Å². The van der Waals surface area contributed by atoms with Crippen molar-refractivity contribution >= 4 is 15.9 Å². The van der Waals surface area contributed by atoms with Crippen molar-refractivity contribution in [2.75, 3.05) is 26.3 Å². The monoisotopic (exact) mass is 410 g/mol. The van der Waals surface area contributed by atoms with Gasteiger partial charge in [-0.25, -0.2) is 17.2 Å². The average molecular weight is 410 g/mol. The first-order valence-corrected chi connectivity index (χ1v) is 10.3. The maximum atomic E-state index is 13.8. The molecule has 3 rings (SSSR count). The van der Waals surface area contributed by atoms with Crippen LogP contribution in [-0.2, 0) is 27.1 Å². The summed E-state index contributed by atoms with van der Waals surface area (Å²) in [6.45, 7) is 1.32. The highest BCUT2D eigenvalue weighted by Gasteiger charge is 2.25. The van der Waals surface area contributed by atoms with Crippen LogP contribution in [0.3, 0.4) is 0 Å². The van der Waals surface area contributed by atoms with Gasteiger partial charge in [-0.1, -0.05) is 30.3 Å². The maximum absolute atomic E-state index is 13.8. The van der Waals surface area contributed by atoms with Gasteiger partial charge in [0, 0.05) is 19.6 Å². The van der Waals surface area contributed by atoms with Crippen LogP contribution in [-0.4, -0.2) is 44.9 Å². The fourth-order valence-corrected chi connectivity index (χ4v) is 4.50. The van der Waals surface area contributed by atoms with E-state index in [1.165, 1.54) is 16.4 Å². The Morgan fingerprint density at radius 2 is 1.71 bits per heavy atom. The lowest BCUT2D eigenvalue weighted by Gasteiger charge is -2.26. The summed E-state index contributed by atoms with van der Waals surface area (Å²) in [4.78, 5) is 12.2. The van der Waals surface area contributed by atoms with Crippen molar-refractivity contribution in [1.29, 1.82) is 0 Å². The van der Waals surface area contributed by atoms with Crippen LogP contribution in [0.25, 0.3) is 0 Å². The van der Waals surface area contributed by atoms with E-state index >= 15 is 0 Å². The number of amides is 1. The van der Waals surface area contributed by atoms with Gasteiger partial charge in [-0.15, -0.1) is 0 Å². The Morgan fingerprint density at radius 1 is 1.04 bits per heavy atom. The van der Waals surface area contributed by atoms with E-state index in [-0.39, 0.29) is 12.3 Å². The van der Waals surface area contributed by atoms with Crippen molar-refractivity contribution < 1.29 is 26.7 Å². The zero-order chi connectivity index (χ0) is 20.1. The summed E-state index contributed by atoms with van der Waals surface area (Å²) in [5.41, 5.74) is 0.719. The highest BCUT2D eigenvalue weighted by atomic mass is 32.2. The Morgan fingerprint density at radius 3 is 2.43 bits per heavy atom. The Labute approximate surface area is 162 Å². The molecule has 2 aromatic carbocycles. The van der Waals surface area contributed by atoms with Gasteiger partial charge < -0.3 is 10.1 Å². The molecule has 0 radical (unpaired) electrons. The van der Waals surface area contributed by atoms with Gasteiger partial charge in [0.05, 0.1) is 24.5 Å². The molecule has 1 aliphatic rings. The average Bonchev–Trinajstić information content (AvgIpc) is 2.69. The molecule has 0 aliphatic carbocycles. The van der Waals surface area contributed by atoms with Gasteiger partial charge >= 0.3 is 0 Å². The van der Waals surface area contributed by atoms with Gasteiger partial charge in [-0.2, -0.15) is 4.31 Å². The lowest BCUT2D eigenvalue weighted by molar-refractivity contribution is 0.0729. The van der Waals surface area contributed by atoms with Crippen molar-refractivity contribution in [1.82, 2.24) is 9.62 Å². The number of rotatable bonds is 6. The molecule has 0 atom stereocenters. The Bertz CT molecular complexity index is 960. The molecule has 1 fully saturated rings. The standard InChI is InChI=1S/C19H20F2N2O4S/c20-17-7-3-6-16(18(17)21)19(24)22-12-14-4-1-2-5-15(14)13-28(25,26)23-8-10-27-11-9-23/h1-7H,8-13H2,(H,22,24). The first kappa shape index (κ1) is 20.4. The smallest absolute Gasteiger partial charge is 0.254 e. The summed E-state index contributed by atoms with van der Waals surface area (Å²) in [5.74, 6) is -3.32. The van der Waals surface area contributed by atoms with E-state index in [0.29, 0.717) is 37.4 Å². The summed E-state index contributed by atoms with van der Waals surface area (Å²) in [6, 6.07) is 10.1. The molecule has 1 amide bonds. The summed E-state index contributed by atoms with van der Waals surface area (Å²) in [5, 5.41) is 2.51. The molecule has 1 saturated heterocycles. The van der Waals surface area contributed by atoms with E-state index in [2.05, 4.69) is 5.32 Å². The fourth-order valence-electron chi connectivity index (χ4n) is 2.93. The quantitative estimate of drug-likeness (QED) is 0.791. The van der Waals surface area contributed by atoms with E-state index in [0.717, 1.165) is 6.07 Å².